The summed E-state index contributed by atoms with van der Waals surface area (Å²) in [5.41, 5.74) is 1.12. The van der Waals surface area contributed by atoms with E-state index in [0.29, 0.717) is 17.8 Å². The molecule has 13 heteroatoms. The highest BCUT2D eigenvalue weighted by Gasteiger charge is 2.28. The largest absolute Gasteiger partial charge is 0.367 e. The summed E-state index contributed by atoms with van der Waals surface area (Å²) in [5, 5.41) is 12.5. The molecule has 10 nitrogen and oxygen atoms in total. The SMILES string of the molecule is CC=C(C=C(F)CCl)Cn1ccc(C(=O)c2cncnc2NC2CCC(COS(N)(=O)=O)C2)n1. The van der Waals surface area contributed by atoms with E-state index in [9.17, 15) is 17.6 Å². The first-order valence-electron chi connectivity index (χ1n) is 10.6. The molecule has 0 radical (unpaired) electrons. The molecular formula is C21H26ClFN6O4S. The molecule has 3 N–H and O–H groups in total. The zero-order valence-corrected chi connectivity index (χ0v) is 20.1. The molecule has 1 saturated carbocycles. The van der Waals surface area contributed by atoms with Crippen LogP contribution in [0.5, 0.6) is 0 Å². The summed E-state index contributed by atoms with van der Waals surface area (Å²) >= 11 is 5.50. The van der Waals surface area contributed by atoms with Crippen molar-refractivity contribution in [2.24, 2.45) is 11.1 Å². The predicted octanol–water partition coefficient (Wildman–Crippen LogP) is 2.74. The number of rotatable bonds is 11. The number of nitrogens with zero attached hydrogens (tertiary/aromatic N) is 4. The zero-order valence-electron chi connectivity index (χ0n) is 18.5. The van der Waals surface area contributed by atoms with Crippen LogP contribution in [-0.4, -0.2) is 52.5 Å². The first kappa shape index (κ1) is 25.9. The smallest absolute Gasteiger partial charge is 0.333 e. The van der Waals surface area contributed by atoms with Gasteiger partial charge in [0.05, 0.1) is 24.6 Å². The van der Waals surface area contributed by atoms with E-state index in [2.05, 4.69) is 20.4 Å². The molecule has 34 heavy (non-hydrogen) atoms. The van der Waals surface area contributed by atoms with Gasteiger partial charge in [0.25, 0.3) is 0 Å². The van der Waals surface area contributed by atoms with E-state index in [1.54, 1.807) is 25.3 Å². The fourth-order valence-corrected chi connectivity index (χ4v) is 4.17. The highest BCUT2D eigenvalue weighted by molar-refractivity contribution is 7.84. The van der Waals surface area contributed by atoms with Crippen molar-refractivity contribution in [1.82, 2.24) is 19.7 Å². The molecule has 0 aromatic carbocycles. The molecule has 0 saturated heterocycles. The van der Waals surface area contributed by atoms with Gasteiger partial charge >= 0.3 is 10.3 Å². The Morgan fingerprint density at radius 1 is 1.44 bits per heavy atom. The summed E-state index contributed by atoms with van der Waals surface area (Å²) in [6, 6.07) is 1.55. The number of nitrogens with one attached hydrogen (secondary N) is 1. The predicted molar refractivity (Wildman–Crippen MR) is 125 cm³/mol. The fourth-order valence-electron chi connectivity index (χ4n) is 3.71. The van der Waals surface area contributed by atoms with Crippen LogP contribution in [-0.2, 0) is 21.0 Å². The first-order chi connectivity index (χ1) is 16.2. The van der Waals surface area contributed by atoms with Crippen molar-refractivity contribution in [2.75, 3.05) is 17.8 Å². The van der Waals surface area contributed by atoms with Crippen molar-refractivity contribution in [3.05, 3.63) is 59.6 Å². The maximum Gasteiger partial charge on any atom is 0.333 e. The summed E-state index contributed by atoms with van der Waals surface area (Å²) in [6.45, 7) is 2.06. The van der Waals surface area contributed by atoms with Crippen molar-refractivity contribution < 1.29 is 21.8 Å². The minimum absolute atomic E-state index is 0.0161. The standard InChI is InChI=1S/C21H26ClFN6O4S/c1-2-14(7-16(23)9-22)11-29-6-5-19(28-29)20(30)18-10-25-13-26-21(18)27-17-4-3-15(8-17)12-33-34(24,31)32/h2,5-7,10,13,15,17H,3-4,8-9,11-12H2,1H3,(H2,24,31,32)(H,25,26,27). The average molecular weight is 513 g/mol. The van der Waals surface area contributed by atoms with E-state index >= 15 is 0 Å². The van der Waals surface area contributed by atoms with Crippen LogP contribution in [0.15, 0.2) is 48.3 Å². The fraction of sp³-hybridized carbons (Fsp3) is 0.429. The van der Waals surface area contributed by atoms with Crippen molar-refractivity contribution in [1.29, 1.82) is 0 Å². The van der Waals surface area contributed by atoms with Crippen molar-refractivity contribution in [3.63, 3.8) is 0 Å². The number of allylic oxidation sites excluding steroid dienone is 4. The number of hydrogen-bond acceptors (Lipinski definition) is 8. The summed E-state index contributed by atoms with van der Waals surface area (Å²) < 4.78 is 41.7. The second-order valence-corrected chi connectivity index (χ2v) is 9.39. The first-order valence-corrected chi connectivity index (χ1v) is 12.6. The molecule has 2 atom stereocenters. The molecule has 2 aromatic rings. The molecule has 0 amide bonds. The maximum atomic E-state index is 13.5. The van der Waals surface area contributed by atoms with E-state index in [1.807, 2.05) is 0 Å². The van der Waals surface area contributed by atoms with Gasteiger partial charge in [0.1, 0.15) is 23.7 Å². The molecule has 1 aliphatic carbocycles. The van der Waals surface area contributed by atoms with Crippen LogP contribution < -0.4 is 10.5 Å². The van der Waals surface area contributed by atoms with Crippen molar-refractivity contribution >= 4 is 33.5 Å². The second-order valence-electron chi connectivity index (χ2n) is 7.90. The van der Waals surface area contributed by atoms with Crippen LogP contribution in [0.1, 0.15) is 42.2 Å². The van der Waals surface area contributed by atoms with Gasteiger partial charge in [-0.1, -0.05) is 6.08 Å². The van der Waals surface area contributed by atoms with Gasteiger partial charge in [-0.25, -0.2) is 19.5 Å². The van der Waals surface area contributed by atoms with E-state index in [0.717, 1.165) is 12.8 Å². The van der Waals surface area contributed by atoms with Crippen molar-refractivity contribution in [3.8, 4) is 0 Å². The molecule has 3 rings (SSSR count). The van der Waals surface area contributed by atoms with Crippen LogP contribution in [0.25, 0.3) is 0 Å². The van der Waals surface area contributed by atoms with Crippen LogP contribution in [0, 0.1) is 5.92 Å². The molecule has 0 aliphatic heterocycles. The Hall–Kier alpha value is -2.67. The number of alkyl halides is 1. The van der Waals surface area contributed by atoms with Gasteiger partial charge in [-0.05, 0) is 49.8 Å². The van der Waals surface area contributed by atoms with Crippen molar-refractivity contribution in [2.45, 2.75) is 38.8 Å². The Labute approximate surface area is 202 Å². The van der Waals surface area contributed by atoms with Crippen LogP contribution in [0.2, 0.25) is 0 Å². The number of nitrogens with two attached hydrogens (primary N) is 1. The minimum Gasteiger partial charge on any atom is -0.367 e. The molecule has 2 heterocycles. The molecule has 2 unspecified atom stereocenters. The molecule has 0 spiro atoms. The normalized spacial score (nSPS) is 19.4. The summed E-state index contributed by atoms with van der Waals surface area (Å²) in [7, 11) is -3.98. The molecule has 184 valence electrons. The van der Waals surface area contributed by atoms with E-state index < -0.39 is 16.1 Å². The minimum atomic E-state index is -3.98. The molecule has 2 aromatic heterocycles. The highest BCUT2D eigenvalue weighted by Crippen LogP contribution is 2.29. The van der Waals surface area contributed by atoms with Gasteiger partial charge in [-0.2, -0.15) is 13.5 Å². The number of carbonyl (C=O) groups is 1. The number of anilines is 1. The Morgan fingerprint density at radius 3 is 2.94 bits per heavy atom. The Morgan fingerprint density at radius 2 is 2.24 bits per heavy atom. The number of hydrogen-bond donors (Lipinski definition) is 2. The third-order valence-electron chi connectivity index (χ3n) is 5.37. The number of aromatic nitrogens is 4. The summed E-state index contributed by atoms with van der Waals surface area (Å²) in [5.74, 6) is -0.649. The maximum absolute atomic E-state index is 13.5. The van der Waals surface area contributed by atoms with Gasteiger partial charge in [0, 0.05) is 18.4 Å². The topological polar surface area (TPSA) is 142 Å². The Balaban J connectivity index is 1.67. The highest BCUT2D eigenvalue weighted by atomic mass is 35.5. The summed E-state index contributed by atoms with van der Waals surface area (Å²) in [4.78, 5) is 21.3. The van der Waals surface area contributed by atoms with Gasteiger partial charge < -0.3 is 5.32 Å². The average Bonchev–Trinajstić information content (AvgIpc) is 3.46. The zero-order chi connectivity index (χ0) is 24.7. The molecule has 0 bridgehead atoms. The number of halogens is 2. The number of carbonyl (C=O) groups excluding carboxylic acids is 1. The lowest BCUT2D eigenvalue weighted by Gasteiger charge is -2.15. The molecule has 1 aliphatic rings. The second kappa shape index (κ2) is 11.6. The molecule has 1 fully saturated rings. The van der Waals surface area contributed by atoms with E-state index in [4.69, 9.17) is 20.9 Å². The monoisotopic (exact) mass is 512 g/mol. The third-order valence-corrected chi connectivity index (χ3v) is 6.09. The summed E-state index contributed by atoms with van der Waals surface area (Å²) in [6.07, 6.45) is 9.61. The molecular weight excluding hydrogens is 487 g/mol. The van der Waals surface area contributed by atoms with Gasteiger partial charge in [-0.15, -0.1) is 11.6 Å². The number of ketones is 1. The Kier molecular flexibility index (Phi) is 8.89. The van der Waals surface area contributed by atoms with Crippen LogP contribution in [0.4, 0.5) is 10.2 Å². The quantitative estimate of drug-likeness (QED) is 0.266. The third kappa shape index (κ3) is 7.42. The van der Waals surface area contributed by atoms with E-state index in [-0.39, 0.29) is 48.0 Å². The lowest BCUT2D eigenvalue weighted by molar-refractivity contribution is 0.103. The van der Waals surface area contributed by atoms with Crippen LogP contribution in [0.3, 0.4) is 0 Å². The van der Waals surface area contributed by atoms with Gasteiger partial charge in [-0.3, -0.25) is 13.7 Å². The van der Waals surface area contributed by atoms with Crippen LogP contribution >= 0.6 is 11.6 Å². The lowest BCUT2D eigenvalue weighted by Crippen LogP contribution is -2.22. The van der Waals surface area contributed by atoms with E-state index in [1.165, 1.54) is 23.3 Å². The Bertz CT molecular complexity index is 1180. The lowest BCUT2D eigenvalue weighted by atomic mass is 10.1. The van der Waals surface area contributed by atoms with Gasteiger partial charge in [0.2, 0.25) is 5.78 Å². The van der Waals surface area contributed by atoms with Gasteiger partial charge in [0.15, 0.2) is 0 Å².